The maximum Gasteiger partial charge on any atom is 0.335 e. The molecule has 2 heterocycles. The standard InChI is InChI=1S/C29H22N2O4S/c1-35-21-13-10-19(11-14-21)26-23-15-12-18-4-2-3-5-22(18)25(23)30-29-31(26)27(32)24(36-29)16-17-6-8-20(9-7-17)28(33)34/h2-11,13-14,16,26H,12,15H2,1H3,(H,33,34)/t26-/m0/s1. The lowest BCUT2D eigenvalue weighted by Gasteiger charge is -2.30. The van der Waals surface area contributed by atoms with Crippen molar-refractivity contribution >= 4 is 29.1 Å². The van der Waals surface area contributed by atoms with E-state index in [4.69, 9.17) is 9.73 Å². The van der Waals surface area contributed by atoms with E-state index in [9.17, 15) is 14.7 Å². The van der Waals surface area contributed by atoms with Crippen LogP contribution in [0.25, 0.3) is 11.8 Å². The minimum absolute atomic E-state index is 0.104. The molecule has 1 N–H and O–H groups in total. The van der Waals surface area contributed by atoms with Crippen LogP contribution in [-0.2, 0) is 6.42 Å². The second-order valence-corrected chi connectivity index (χ2v) is 9.82. The van der Waals surface area contributed by atoms with Crippen molar-refractivity contribution in [1.82, 2.24) is 4.57 Å². The average Bonchev–Trinajstić information content (AvgIpc) is 3.22. The van der Waals surface area contributed by atoms with Gasteiger partial charge in [0, 0.05) is 5.56 Å². The summed E-state index contributed by atoms with van der Waals surface area (Å²) >= 11 is 1.36. The second kappa shape index (κ2) is 8.77. The molecule has 0 saturated heterocycles. The fourth-order valence-electron chi connectivity index (χ4n) is 4.98. The van der Waals surface area contributed by atoms with Crippen LogP contribution in [0.15, 0.2) is 88.2 Å². The second-order valence-electron chi connectivity index (χ2n) is 8.81. The van der Waals surface area contributed by atoms with Crippen molar-refractivity contribution in [2.24, 2.45) is 4.99 Å². The fraction of sp³-hybridized carbons (Fsp3) is 0.138. The first kappa shape index (κ1) is 22.2. The molecule has 0 bridgehead atoms. The van der Waals surface area contributed by atoms with Crippen molar-refractivity contribution in [3.8, 4) is 5.75 Å². The lowest BCUT2D eigenvalue weighted by molar-refractivity contribution is 0.0697. The monoisotopic (exact) mass is 494 g/mol. The summed E-state index contributed by atoms with van der Waals surface area (Å²) < 4.78 is 7.72. The zero-order valence-electron chi connectivity index (χ0n) is 19.5. The SMILES string of the molecule is COc1ccc([C@H]2C3=C(N=c4sc(=Cc5ccc(C(=O)O)cc5)c(=O)n42)c2ccccc2CC3)cc1. The van der Waals surface area contributed by atoms with Gasteiger partial charge >= 0.3 is 5.97 Å². The van der Waals surface area contributed by atoms with Gasteiger partial charge in [-0.15, -0.1) is 0 Å². The van der Waals surface area contributed by atoms with E-state index in [1.165, 1.54) is 16.9 Å². The Kier molecular flexibility index (Phi) is 5.42. The third kappa shape index (κ3) is 3.69. The van der Waals surface area contributed by atoms with Crippen LogP contribution in [0.5, 0.6) is 5.75 Å². The van der Waals surface area contributed by atoms with Gasteiger partial charge in [0.2, 0.25) is 0 Å². The zero-order valence-corrected chi connectivity index (χ0v) is 20.3. The maximum absolute atomic E-state index is 13.8. The molecule has 1 atom stereocenters. The fourth-order valence-corrected chi connectivity index (χ4v) is 5.98. The molecule has 1 aliphatic heterocycles. The number of ether oxygens (including phenoxy) is 1. The molecule has 4 aromatic rings. The van der Waals surface area contributed by atoms with Crippen LogP contribution < -0.4 is 19.6 Å². The van der Waals surface area contributed by atoms with E-state index in [-0.39, 0.29) is 17.2 Å². The van der Waals surface area contributed by atoms with Crippen LogP contribution in [0.2, 0.25) is 0 Å². The van der Waals surface area contributed by atoms with Crippen LogP contribution in [0.3, 0.4) is 0 Å². The van der Waals surface area contributed by atoms with E-state index >= 15 is 0 Å². The number of fused-ring (bicyclic) bond motifs is 3. The van der Waals surface area contributed by atoms with Gasteiger partial charge in [0.25, 0.3) is 5.56 Å². The summed E-state index contributed by atoms with van der Waals surface area (Å²) in [6.07, 6.45) is 3.53. The topological polar surface area (TPSA) is 80.9 Å². The summed E-state index contributed by atoms with van der Waals surface area (Å²) in [5.41, 5.74) is 6.37. The highest BCUT2D eigenvalue weighted by atomic mass is 32.1. The number of hydrogen-bond acceptors (Lipinski definition) is 5. The molecule has 6 nitrogen and oxygen atoms in total. The zero-order chi connectivity index (χ0) is 24.8. The van der Waals surface area contributed by atoms with E-state index in [0.29, 0.717) is 9.33 Å². The van der Waals surface area contributed by atoms with Gasteiger partial charge in [-0.1, -0.05) is 59.9 Å². The van der Waals surface area contributed by atoms with Crippen LogP contribution in [-0.4, -0.2) is 22.8 Å². The van der Waals surface area contributed by atoms with E-state index in [2.05, 4.69) is 18.2 Å². The smallest absolute Gasteiger partial charge is 0.335 e. The summed E-state index contributed by atoms with van der Waals surface area (Å²) in [6, 6.07) is 22.5. The summed E-state index contributed by atoms with van der Waals surface area (Å²) in [4.78, 5) is 30.6. The Hall–Kier alpha value is -4.23. The number of allylic oxidation sites excluding steroid dienone is 1. The number of aromatic carboxylic acids is 1. The first-order valence-corrected chi connectivity index (χ1v) is 12.5. The molecule has 1 aliphatic carbocycles. The third-order valence-corrected chi connectivity index (χ3v) is 7.74. The summed E-state index contributed by atoms with van der Waals surface area (Å²) in [5, 5.41) is 9.18. The Morgan fingerprint density at radius 3 is 2.53 bits per heavy atom. The van der Waals surface area contributed by atoms with E-state index in [0.717, 1.165) is 46.6 Å². The number of thiazole rings is 1. The molecule has 178 valence electrons. The predicted molar refractivity (Wildman–Crippen MR) is 139 cm³/mol. The number of carbonyl (C=O) groups is 1. The molecule has 2 aliphatic rings. The van der Waals surface area contributed by atoms with Crippen molar-refractivity contribution < 1.29 is 14.6 Å². The number of methoxy groups -OCH3 is 1. The Balaban J connectivity index is 1.56. The van der Waals surface area contributed by atoms with Crippen molar-refractivity contribution in [2.45, 2.75) is 18.9 Å². The molecular weight excluding hydrogens is 472 g/mol. The molecule has 1 aromatic heterocycles. The molecule has 0 unspecified atom stereocenters. The van der Waals surface area contributed by atoms with E-state index < -0.39 is 5.97 Å². The number of aromatic nitrogens is 1. The maximum atomic E-state index is 13.8. The van der Waals surface area contributed by atoms with Crippen molar-refractivity contribution in [2.75, 3.05) is 7.11 Å². The van der Waals surface area contributed by atoms with Gasteiger partial charge in [-0.25, -0.2) is 9.79 Å². The summed E-state index contributed by atoms with van der Waals surface area (Å²) in [6.45, 7) is 0. The van der Waals surface area contributed by atoms with Crippen molar-refractivity contribution in [3.05, 3.63) is 126 Å². The van der Waals surface area contributed by atoms with Crippen LogP contribution >= 0.6 is 11.3 Å². The van der Waals surface area contributed by atoms with Crippen molar-refractivity contribution in [3.63, 3.8) is 0 Å². The Bertz CT molecular complexity index is 1710. The molecule has 0 amide bonds. The highest BCUT2D eigenvalue weighted by molar-refractivity contribution is 7.07. The molecule has 7 heteroatoms. The quantitative estimate of drug-likeness (QED) is 0.465. The number of carboxylic acids is 1. The number of benzene rings is 3. The predicted octanol–water partition coefficient (Wildman–Crippen LogP) is 4.03. The number of carboxylic acid groups (broad SMARTS) is 1. The number of aryl methyl sites for hydroxylation is 1. The van der Waals surface area contributed by atoms with Gasteiger partial charge in [0.15, 0.2) is 4.80 Å². The molecule has 3 aromatic carbocycles. The number of hydrogen-bond donors (Lipinski definition) is 1. The van der Waals surface area contributed by atoms with E-state index in [1.54, 1.807) is 42.0 Å². The molecular formula is C29H22N2O4S. The Labute approximate surface area is 210 Å². The van der Waals surface area contributed by atoms with Crippen LogP contribution in [0, 0.1) is 0 Å². The molecule has 0 radical (unpaired) electrons. The molecule has 6 rings (SSSR count). The molecule has 0 fully saturated rings. The van der Waals surface area contributed by atoms with Gasteiger partial charge in [0.05, 0.1) is 28.9 Å². The van der Waals surface area contributed by atoms with Gasteiger partial charge in [0.1, 0.15) is 5.75 Å². The largest absolute Gasteiger partial charge is 0.497 e. The lowest BCUT2D eigenvalue weighted by Crippen LogP contribution is -2.38. The average molecular weight is 495 g/mol. The van der Waals surface area contributed by atoms with Crippen molar-refractivity contribution in [1.29, 1.82) is 0 Å². The Morgan fingerprint density at radius 1 is 1.06 bits per heavy atom. The normalized spacial score (nSPS) is 16.6. The molecule has 0 saturated carbocycles. The molecule has 36 heavy (non-hydrogen) atoms. The minimum Gasteiger partial charge on any atom is -0.497 e. The highest BCUT2D eigenvalue weighted by Gasteiger charge is 2.32. The van der Waals surface area contributed by atoms with E-state index in [1.807, 2.05) is 30.3 Å². The number of nitrogens with zero attached hydrogens (tertiary/aromatic N) is 2. The Morgan fingerprint density at radius 2 is 1.81 bits per heavy atom. The first-order valence-electron chi connectivity index (χ1n) is 11.6. The minimum atomic E-state index is -0.980. The number of rotatable bonds is 4. The summed E-state index contributed by atoms with van der Waals surface area (Å²) in [7, 11) is 1.64. The molecule has 0 spiro atoms. The van der Waals surface area contributed by atoms with Gasteiger partial charge in [-0.2, -0.15) is 0 Å². The lowest BCUT2D eigenvalue weighted by atomic mass is 9.83. The van der Waals surface area contributed by atoms with Gasteiger partial charge in [-0.05, 0) is 65.4 Å². The summed E-state index contributed by atoms with van der Waals surface area (Å²) in [5.74, 6) is -0.217. The van der Waals surface area contributed by atoms with Crippen LogP contribution in [0.4, 0.5) is 0 Å². The first-order chi connectivity index (χ1) is 17.5. The highest BCUT2D eigenvalue weighted by Crippen LogP contribution is 2.41. The van der Waals surface area contributed by atoms with Gasteiger partial charge < -0.3 is 9.84 Å². The van der Waals surface area contributed by atoms with Crippen LogP contribution in [0.1, 0.15) is 45.1 Å². The third-order valence-electron chi connectivity index (χ3n) is 6.76. The van der Waals surface area contributed by atoms with Gasteiger partial charge in [-0.3, -0.25) is 9.36 Å².